The van der Waals surface area contributed by atoms with Crippen molar-refractivity contribution >= 4 is 16.7 Å². The molecule has 1 unspecified atom stereocenters. The van der Waals surface area contributed by atoms with Gasteiger partial charge in [0.05, 0.1) is 5.92 Å². The van der Waals surface area contributed by atoms with Gasteiger partial charge >= 0.3 is 0 Å². The fourth-order valence-corrected chi connectivity index (χ4v) is 3.34. The number of benzene rings is 2. The van der Waals surface area contributed by atoms with E-state index < -0.39 is 0 Å². The summed E-state index contributed by atoms with van der Waals surface area (Å²) in [6, 6.07) is 14.9. The molecule has 1 aliphatic rings. The van der Waals surface area contributed by atoms with E-state index >= 15 is 0 Å². The second kappa shape index (κ2) is 6.30. The summed E-state index contributed by atoms with van der Waals surface area (Å²) in [6.45, 7) is 2.01. The molecule has 0 radical (unpaired) electrons. The quantitative estimate of drug-likeness (QED) is 0.888. The lowest BCUT2D eigenvalue weighted by Gasteiger charge is -2.25. The third-order valence-electron chi connectivity index (χ3n) is 4.63. The van der Waals surface area contributed by atoms with Gasteiger partial charge in [0.1, 0.15) is 0 Å². The minimum absolute atomic E-state index is 0.0990. The number of carbonyl (C=O) groups is 1. The molecule has 1 N–H and O–H groups in total. The van der Waals surface area contributed by atoms with Crippen molar-refractivity contribution < 1.29 is 4.79 Å². The van der Waals surface area contributed by atoms with Crippen molar-refractivity contribution in [3.63, 3.8) is 0 Å². The van der Waals surface area contributed by atoms with Gasteiger partial charge in [-0.05, 0) is 36.1 Å². The highest BCUT2D eigenvalue weighted by Crippen LogP contribution is 2.26. The van der Waals surface area contributed by atoms with Gasteiger partial charge in [0, 0.05) is 6.04 Å². The van der Waals surface area contributed by atoms with Crippen LogP contribution in [-0.4, -0.2) is 11.9 Å². The lowest BCUT2D eigenvalue weighted by Crippen LogP contribution is -2.38. The lowest BCUT2D eigenvalue weighted by atomic mass is 9.92. The zero-order valence-electron chi connectivity index (χ0n) is 12.6. The normalized spacial score (nSPS) is 17.6. The van der Waals surface area contributed by atoms with Gasteiger partial charge in [-0.25, -0.2) is 0 Å². The Balaban J connectivity index is 1.79. The summed E-state index contributed by atoms with van der Waals surface area (Å²) >= 11 is 0. The molecule has 0 aliphatic heterocycles. The molecule has 2 nitrogen and oxygen atoms in total. The monoisotopic (exact) mass is 281 g/mol. The molecular formula is C19H23NO. The minimum Gasteiger partial charge on any atom is -0.353 e. The van der Waals surface area contributed by atoms with Crippen molar-refractivity contribution in [2.24, 2.45) is 0 Å². The third kappa shape index (κ3) is 3.10. The van der Waals surface area contributed by atoms with Gasteiger partial charge in [0.25, 0.3) is 0 Å². The van der Waals surface area contributed by atoms with Crippen molar-refractivity contribution in [1.82, 2.24) is 5.32 Å². The SMILES string of the molecule is CC(C(=O)NC1CCCCC1)c1cccc2ccccc12. The molecule has 0 aromatic heterocycles. The molecule has 110 valence electrons. The summed E-state index contributed by atoms with van der Waals surface area (Å²) in [5.74, 6) is 0.0660. The van der Waals surface area contributed by atoms with Gasteiger partial charge in [-0.15, -0.1) is 0 Å². The zero-order chi connectivity index (χ0) is 14.7. The van der Waals surface area contributed by atoms with E-state index in [1.165, 1.54) is 30.0 Å². The maximum absolute atomic E-state index is 12.5. The topological polar surface area (TPSA) is 29.1 Å². The summed E-state index contributed by atoms with van der Waals surface area (Å²) < 4.78 is 0. The summed E-state index contributed by atoms with van der Waals surface area (Å²) in [5.41, 5.74) is 1.13. The van der Waals surface area contributed by atoms with Gasteiger partial charge in [0.2, 0.25) is 5.91 Å². The van der Waals surface area contributed by atoms with E-state index in [9.17, 15) is 4.79 Å². The van der Waals surface area contributed by atoms with Gasteiger partial charge in [0.15, 0.2) is 0 Å². The van der Waals surface area contributed by atoms with Crippen LogP contribution < -0.4 is 5.32 Å². The number of hydrogen-bond acceptors (Lipinski definition) is 1. The predicted molar refractivity (Wildman–Crippen MR) is 87.4 cm³/mol. The minimum atomic E-state index is -0.0990. The van der Waals surface area contributed by atoms with Crippen LogP contribution in [-0.2, 0) is 4.79 Å². The Morgan fingerprint density at radius 3 is 2.57 bits per heavy atom. The summed E-state index contributed by atoms with van der Waals surface area (Å²) in [7, 11) is 0. The standard InChI is InChI=1S/C19H23NO/c1-14(19(21)20-16-10-3-2-4-11-16)17-13-7-9-15-8-5-6-12-18(15)17/h5-9,12-14,16H,2-4,10-11H2,1H3,(H,20,21). The highest BCUT2D eigenvalue weighted by molar-refractivity contribution is 5.92. The van der Waals surface area contributed by atoms with Crippen molar-refractivity contribution in [3.8, 4) is 0 Å². The summed E-state index contributed by atoms with van der Waals surface area (Å²) in [5, 5.41) is 5.63. The lowest BCUT2D eigenvalue weighted by molar-refractivity contribution is -0.123. The molecule has 2 aromatic rings. The van der Waals surface area contributed by atoms with Gasteiger partial charge in [-0.3, -0.25) is 4.79 Å². The molecule has 21 heavy (non-hydrogen) atoms. The number of amides is 1. The first-order chi connectivity index (χ1) is 10.3. The van der Waals surface area contributed by atoms with Gasteiger partial charge in [-0.1, -0.05) is 61.7 Å². The molecule has 1 amide bonds. The first kappa shape index (κ1) is 14.1. The Hall–Kier alpha value is -1.83. The fraction of sp³-hybridized carbons (Fsp3) is 0.421. The molecule has 1 atom stereocenters. The van der Waals surface area contributed by atoms with E-state index in [4.69, 9.17) is 0 Å². The third-order valence-corrected chi connectivity index (χ3v) is 4.63. The number of hydrogen-bond donors (Lipinski definition) is 1. The van der Waals surface area contributed by atoms with Crippen LogP contribution in [0.2, 0.25) is 0 Å². The average Bonchev–Trinajstić information content (AvgIpc) is 2.54. The molecule has 0 heterocycles. The van der Waals surface area contributed by atoms with E-state index in [0.717, 1.165) is 18.4 Å². The van der Waals surface area contributed by atoms with Crippen molar-refractivity contribution in [3.05, 3.63) is 48.0 Å². The van der Waals surface area contributed by atoms with Gasteiger partial charge in [-0.2, -0.15) is 0 Å². The molecule has 3 rings (SSSR count). The Labute approximate surface area is 126 Å². The maximum atomic E-state index is 12.5. The summed E-state index contributed by atoms with van der Waals surface area (Å²) in [4.78, 5) is 12.5. The van der Waals surface area contributed by atoms with E-state index in [-0.39, 0.29) is 11.8 Å². The fourth-order valence-electron chi connectivity index (χ4n) is 3.34. The Morgan fingerprint density at radius 2 is 1.76 bits per heavy atom. The number of nitrogens with one attached hydrogen (secondary N) is 1. The van der Waals surface area contributed by atoms with Crippen LogP contribution in [0.3, 0.4) is 0 Å². The van der Waals surface area contributed by atoms with Crippen LogP contribution in [0.15, 0.2) is 42.5 Å². The molecule has 2 aromatic carbocycles. The Bertz CT molecular complexity index is 623. The average molecular weight is 281 g/mol. The maximum Gasteiger partial charge on any atom is 0.227 e. The van der Waals surface area contributed by atoms with Crippen LogP contribution in [0.25, 0.3) is 10.8 Å². The highest BCUT2D eigenvalue weighted by atomic mass is 16.1. The zero-order valence-corrected chi connectivity index (χ0v) is 12.6. The Kier molecular flexibility index (Phi) is 4.23. The van der Waals surface area contributed by atoms with Crippen molar-refractivity contribution in [2.45, 2.75) is 51.0 Å². The van der Waals surface area contributed by atoms with Gasteiger partial charge < -0.3 is 5.32 Å². The van der Waals surface area contributed by atoms with Crippen LogP contribution >= 0.6 is 0 Å². The van der Waals surface area contributed by atoms with Crippen LogP contribution in [0.5, 0.6) is 0 Å². The highest BCUT2D eigenvalue weighted by Gasteiger charge is 2.21. The van der Waals surface area contributed by atoms with Crippen molar-refractivity contribution in [2.75, 3.05) is 0 Å². The second-order valence-corrected chi connectivity index (χ2v) is 6.13. The second-order valence-electron chi connectivity index (χ2n) is 6.13. The molecule has 0 spiro atoms. The predicted octanol–water partition coefficient (Wildman–Crippen LogP) is 4.39. The molecule has 0 saturated heterocycles. The van der Waals surface area contributed by atoms with Crippen molar-refractivity contribution in [1.29, 1.82) is 0 Å². The van der Waals surface area contributed by atoms with Crippen LogP contribution in [0.1, 0.15) is 50.5 Å². The number of fused-ring (bicyclic) bond motifs is 1. The van der Waals surface area contributed by atoms with Crippen LogP contribution in [0.4, 0.5) is 0 Å². The largest absolute Gasteiger partial charge is 0.353 e. The smallest absolute Gasteiger partial charge is 0.227 e. The van der Waals surface area contributed by atoms with E-state index in [1.54, 1.807) is 0 Å². The number of carbonyl (C=O) groups excluding carboxylic acids is 1. The van der Waals surface area contributed by atoms with Crippen LogP contribution in [0, 0.1) is 0 Å². The number of rotatable bonds is 3. The Morgan fingerprint density at radius 1 is 1.05 bits per heavy atom. The summed E-state index contributed by atoms with van der Waals surface area (Å²) in [6.07, 6.45) is 6.06. The van der Waals surface area contributed by atoms with E-state index in [2.05, 4.69) is 29.6 Å². The molecule has 1 saturated carbocycles. The first-order valence-corrected chi connectivity index (χ1v) is 8.04. The molecule has 1 fully saturated rings. The van der Waals surface area contributed by atoms with E-state index in [0.29, 0.717) is 6.04 Å². The molecule has 2 heteroatoms. The first-order valence-electron chi connectivity index (χ1n) is 8.04. The molecule has 0 bridgehead atoms. The van der Waals surface area contributed by atoms with E-state index in [1.807, 2.05) is 25.1 Å². The molecular weight excluding hydrogens is 258 g/mol. The molecule has 1 aliphatic carbocycles.